The predicted molar refractivity (Wildman–Crippen MR) is 130 cm³/mol. The molecule has 35 heavy (non-hydrogen) atoms. The first-order chi connectivity index (χ1) is 17.1. The molecule has 0 radical (unpaired) electrons. The van der Waals surface area contributed by atoms with Crippen molar-refractivity contribution < 1.29 is 23.4 Å². The van der Waals surface area contributed by atoms with Gasteiger partial charge in [0.15, 0.2) is 11.5 Å². The van der Waals surface area contributed by atoms with Gasteiger partial charge in [-0.15, -0.1) is 0 Å². The maximum absolute atomic E-state index is 13.5. The number of methoxy groups -OCH3 is 1. The third-order valence-electron chi connectivity index (χ3n) is 6.71. The number of carbonyl (C=O) groups is 1. The van der Waals surface area contributed by atoms with Gasteiger partial charge in [-0.05, 0) is 65.4 Å². The zero-order chi connectivity index (χ0) is 24.2. The normalized spacial score (nSPS) is 19.4. The van der Waals surface area contributed by atoms with Crippen molar-refractivity contribution in [2.45, 2.75) is 25.4 Å². The molecule has 182 valence electrons. The van der Waals surface area contributed by atoms with E-state index in [1.165, 1.54) is 12.1 Å². The fourth-order valence-electron chi connectivity index (χ4n) is 4.86. The van der Waals surface area contributed by atoms with Crippen molar-refractivity contribution in [1.82, 2.24) is 10.2 Å². The lowest BCUT2D eigenvalue weighted by Gasteiger charge is -2.37. The number of halogens is 1. The molecule has 2 heterocycles. The van der Waals surface area contributed by atoms with Crippen molar-refractivity contribution in [3.8, 4) is 17.2 Å². The van der Waals surface area contributed by atoms with Crippen molar-refractivity contribution in [1.29, 1.82) is 0 Å². The molecule has 2 aliphatic rings. The maximum atomic E-state index is 13.5. The van der Waals surface area contributed by atoms with Crippen LogP contribution in [0.5, 0.6) is 17.2 Å². The van der Waals surface area contributed by atoms with Crippen molar-refractivity contribution in [3.63, 3.8) is 0 Å². The number of nitrogens with one attached hydrogen (secondary N) is 1. The Morgan fingerprint density at radius 3 is 2.51 bits per heavy atom. The van der Waals surface area contributed by atoms with Crippen LogP contribution in [0.3, 0.4) is 0 Å². The Morgan fingerprint density at radius 2 is 1.74 bits per heavy atom. The van der Waals surface area contributed by atoms with E-state index in [-0.39, 0.29) is 30.4 Å². The molecule has 2 atom stereocenters. The van der Waals surface area contributed by atoms with E-state index in [9.17, 15) is 9.18 Å². The molecular formula is C28H29FN2O4. The number of amides is 1. The van der Waals surface area contributed by atoms with Gasteiger partial charge in [0.1, 0.15) is 11.6 Å². The van der Waals surface area contributed by atoms with E-state index in [1.54, 1.807) is 7.11 Å². The van der Waals surface area contributed by atoms with E-state index in [1.807, 2.05) is 42.5 Å². The Kier molecular flexibility index (Phi) is 6.86. The summed E-state index contributed by atoms with van der Waals surface area (Å²) in [7, 11) is 1.65. The Bertz CT molecular complexity index is 1170. The van der Waals surface area contributed by atoms with Crippen molar-refractivity contribution in [3.05, 3.63) is 89.2 Å². The van der Waals surface area contributed by atoms with Gasteiger partial charge in [0.25, 0.3) is 0 Å². The molecule has 0 bridgehead atoms. The van der Waals surface area contributed by atoms with E-state index in [2.05, 4.69) is 22.3 Å². The second kappa shape index (κ2) is 10.4. The second-order valence-corrected chi connectivity index (χ2v) is 9.13. The van der Waals surface area contributed by atoms with Gasteiger partial charge in [-0.1, -0.05) is 30.3 Å². The molecule has 0 spiro atoms. The van der Waals surface area contributed by atoms with Gasteiger partial charge >= 0.3 is 0 Å². The standard InChI is InChI=1S/C28H29FN2O4/c1-33-25-9-2-19(3-10-25)15-31-16-22(21-5-7-24(29)8-6-21)13-23(17-31)28(32)30-14-20-4-11-26-27(12-20)35-18-34-26/h2-12,22-23H,13-18H2,1H3,(H,30,32). The Balaban J connectivity index is 1.28. The number of hydrogen-bond acceptors (Lipinski definition) is 5. The molecule has 6 nitrogen and oxygen atoms in total. The average Bonchev–Trinajstić information content (AvgIpc) is 3.36. The largest absolute Gasteiger partial charge is 0.497 e. The van der Waals surface area contributed by atoms with Gasteiger partial charge in [-0.25, -0.2) is 4.39 Å². The van der Waals surface area contributed by atoms with Gasteiger partial charge in [0.2, 0.25) is 12.7 Å². The lowest BCUT2D eigenvalue weighted by atomic mass is 9.83. The van der Waals surface area contributed by atoms with Crippen LogP contribution in [0.2, 0.25) is 0 Å². The highest BCUT2D eigenvalue weighted by Crippen LogP contribution is 2.33. The van der Waals surface area contributed by atoms with Crippen LogP contribution in [-0.4, -0.2) is 37.8 Å². The zero-order valence-electron chi connectivity index (χ0n) is 19.7. The number of carbonyl (C=O) groups excluding carboxylic acids is 1. The Morgan fingerprint density at radius 1 is 1.00 bits per heavy atom. The van der Waals surface area contributed by atoms with E-state index in [0.717, 1.165) is 47.7 Å². The summed E-state index contributed by atoms with van der Waals surface area (Å²) in [6.45, 7) is 2.85. The number of hydrogen-bond donors (Lipinski definition) is 1. The molecular weight excluding hydrogens is 447 g/mol. The minimum absolute atomic E-state index is 0.0224. The first-order valence-corrected chi connectivity index (χ1v) is 11.8. The van der Waals surface area contributed by atoms with Crippen LogP contribution in [0.25, 0.3) is 0 Å². The number of benzene rings is 3. The first kappa shape index (κ1) is 23.2. The molecule has 3 aromatic carbocycles. The van der Waals surface area contributed by atoms with Crippen LogP contribution in [0, 0.1) is 11.7 Å². The quantitative estimate of drug-likeness (QED) is 0.545. The zero-order valence-corrected chi connectivity index (χ0v) is 19.7. The number of rotatable bonds is 7. The summed E-state index contributed by atoms with van der Waals surface area (Å²) in [6.07, 6.45) is 0.720. The minimum atomic E-state index is -0.252. The molecule has 3 aromatic rings. The number of nitrogens with zero attached hydrogens (tertiary/aromatic N) is 1. The van der Waals surface area contributed by atoms with Crippen LogP contribution in [0.15, 0.2) is 66.7 Å². The van der Waals surface area contributed by atoms with Crippen LogP contribution >= 0.6 is 0 Å². The fourth-order valence-corrected chi connectivity index (χ4v) is 4.86. The highest BCUT2D eigenvalue weighted by molar-refractivity contribution is 5.79. The van der Waals surface area contributed by atoms with Crippen LogP contribution in [0.4, 0.5) is 4.39 Å². The van der Waals surface area contributed by atoms with Crippen molar-refractivity contribution in [2.24, 2.45) is 5.92 Å². The summed E-state index contributed by atoms with van der Waals surface area (Å²) in [6, 6.07) is 20.4. The third-order valence-corrected chi connectivity index (χ3v) is 6.71. The van der Waals surface area contributed by atoms with E-state index in [0.29, 0.717) is 18.8 Å². The maximum Gasteiger partial charge on any atom is 0.231 e. The molecule has 1 saturated heterocycles. The van der Waals surface area contributed by atoms with Crippen molar-refractivity contribution >= 4 is 5.91 Å². The molecule has 5 rings (SSSR count). The number of likely N-dealkylation sites (tertiary alicyclic amines) is 1. The first-order valence-electron chi connectivity index (χ1n) is 11.8. The lowest BCUT2D eigenvalue weighted by molar-refractivity contribution is -0.127. The second-order valence-electron chi connectivity index (χ2n) is 9.13. The molecule has 1 fully saturated rings. The molecule has 0 saturated carbocycles. The topological polar surface area (TPSA) is 60.0 Å². The van der Waals surface area contributed by atoms with Gasteiger partial charge in [-0.2, -0.15) is 0 Å². The molecule has 0 aromatic heterocycles. The lowest BCUT2D eigenvalue weighted by Crippen LogP contribution is -2.45. The summed E-state index contributed by atoms with van der Waals surface area (Å²) in [5, 5.41) is 3.10. The van der Waals surface area contributed by atoms with Crippen molar-refractivity contribution in [2.75, 3.05) is 27.0 Å². The van der Waals surface area contributed by atoms with Gasteiger partial charge in [0.05, 0.1) is 13.0 Å². The van der Waals surface area contributed by atoms with Crippen LogP contribution in [0.1, 0.15) is 29.0 Å². The smallest absolute Gasteiger partial charge is 0.231 e. The SMILES string of the molecule is COc1ccc(CN2CC(C(=O)NCc3ccc4c(c3)OCO4)CC(c3ccc(F)cc3)C2)cc1. The highest BCUT2D eigenvalue weighted by atomic mass is 19.1. The summed E-state index contributed by atoms with van der Waals surface area (Å²) in [4.78, 5) is 15.6. The monoisotopic (exact) mass is 476 g/mol. The molecule has 0 aliphatic carbocycles. The van der Waals surface area contributed by atoms with E-state index >= 15 is 0 Å². The van der Waals surface area contributed by atoms with E-state index < -0.39 is 0 Å². The minimum Gasteiger partial charge on any atom is -0.497 e. The number of ether oxygens (including phenoxy) is 3. The van der Waals surface area contributed by atoms with Gasteiger partial charge in [0, 0.05) is 26.2 Å². The summed E-state index contributed by atoms with van der Waals surface area (Å²) >= 11 is 0. The highest BCUT2D eigenvalue weighted by Gasteiger charge is 2.32. The average molecular weight is 477 g/mol. The number of fused-ring (bicyclic) bond motifs is 1. The van der Waals surface area contributed by atoms with Gasteiger partial charge < -0.3 is 19.5 Å². The molecule has 2 unspecified atom stereocenters. The predicted octanol–water partition coefficient (Wildman–Crippen LogP) is 4.49. The summed E-state index contributed by atoms with van der Waals surface area (Å²) in [5.74, 6) is 1.99. The third kappa shape index (κ3) is 5.57. The van der Waals surface area contributed by atoms with E-state index in [4.69, 9.17) is 14.2 Å². The number of piperidine rings is 1. The Labute approximate surface area is 204 Å². The van der Waals surface area contributed by atoms with Gasteiger partial charge in [-0.3, -0.25) is 9.69 Å². The Hall–Kier alpha value is -3.58. The van der Waals surface area contributed by atoms with Crippen LogP contribution < -0.4 is 19.5 Å². The molecule has 2 aliphatic heterocycles. The van der Waals surface area contributed by atoms with Crippen LogP contribution in [-0.2, 0) is 17.9 Å². The molecule has 7 heteroatoms. The molecule has 1 N–H and O–H groups in total. The summed E-state index contributed by atoms with van der Waals surface area (Å²) < 4.78 is 29.6. The molecule has 1 amide bonds. The summed E-state index contributed by atoms with van der Waals surface area (Å²) in [5.41, 5.74) is 3.17. The fraction of sp³-hybridized carbons (Fsp3) is 0.321.